The van der Waals surface area contributed by atoms with E-state index in [1.165, 1.54) is 12.1 Å². The second kappa shape index (κ2) is 9.71. The van der Waals surface area contributed by atoms with Crippen LogP contribution in [0, 0.1) is 0 Å². The summed E-state index contributed by atoms with van der Waals surface area (Å²) in [5.41, 5.74) is 0.280. The van der Waals surface area contributed by atoms with Gasteiger partial charge in [0.2, 0.25) is 0 Å². The fourth-order valence-electron chi connectivity index (χ4n) is 2.49. The molecule has 0 aliphatic carbocycles. The molecule has 0 spiro atoms. The van der Waals surface area contributed by atoms with Gasteiger partial charge in [0.25, 0.3) is 0 Å². The van der Waals surface area contributed by atoms with E-state index < -0.39 is 27.6 Å². The highest BCUT2D eigenvalue weighted by Crippen LogP contribution is 2.13. The summed E-state index contributed by atoms with van der Waals surface area (Å²) >= 11 is 0. The van der Waals surface area contributed by atoms with E-state index in [1.54, 1.807) is 39.0 Å². The molecule has 6 nitrogen and oxygen atoms in total. The lowest BCUT2D eigenvalue weighted by atomic mass is 10.2. The Morgan fingerprint density at radius 3 is 2.14 bits per heavy atom. The Balaban J connectivity index is 2.05. The van der Waals surface area contributed by atoms with Gasteiger partial charge >= 0.3 is 6.09 Å². The van der Waals surface area contributed by atoms with E-state index in [0.717, 1.165) is 5.56 Å². The molecule has 1 atom stereocenters. The van der Waals surface area contributed by atoms with Crippen molar-refractivity contribution in [3.05, 3.63) is 66.2 Å². The Labute approximate surface area is 166 Å². The second-order valence-electron chi connectivity index (χ2n) is 7.44. The molecule has 0 heterocycles. The first-order chi connectivity index (χ1) is 13.2. The highest BCUT2D eigenvalue weighted by molar-refractivity contribution is 7.91. The van der Waals surface area contributed by atoms with E-state index in [1.807, 2.05) is 30.3 Å². The number of carbonyl (C=O) groups is 1. The standard InChI is InChI=1S/C21H27NO5S/c1-21(2,3)27-20(23)22-18(15-26-14-17-10-6-4-7-11-17)16-28(24,25)19-12-8-5-9-13-19/h4-13,18H,14-16H2,1-3H3,(H,22,23). The molecule has 0 aromatic heterocycles. The molecule has 0 bridgehead atoms. The molecule has 1 N–H and O–H groups in total. The summed E-state index contributed by atoms with van der Waals surface area (Å²) in [5.74, 6) is -0.287. The molecule has 2 rings (SSSR count). The molecule has 0 radical (unpaired) electrons. The first-order valence-corrected chi connectivity index (χ1v) is 10.7. The van der Waals surface area contributed by atoms with Gasteiger partial charge < -0.3 is 14.8 Å². The van der Waals surface area contributed by atoms with Crippen molar-refractivity contribution in [1.29, 1.82) is 0 Å². The Hall–Kier alpha value is -2.38. The Bertz CT molecular complexity index is 845. The van der Waals surface area contributed by atoms with E-state index >= 15 is 0 Å². The molecule has 0 aliphatic heterocycles. The number of ether oxygens (including phenoxy) is 2. The number of nitrogens with one attached hydrogen (secondary N) is 1. The van der Waals surface area contributed by atoms with E-state index in [9.17, 15) is 13.2 Å². The molecule has 1 unspecified atom stereocenters. The van der Waals surface area contributed by atoms with Crippen LogP contribution in [0.25, 0.3) is 0 Å². The predicted octanol–water partition coefficient (Wildman–Crippen LogP) is 3.57. The van der Waals surface area contributed by atoms with E-state index in [2.05, 4.69) is 5.32 Å². The zero-order chi connectivity index (χ0) is 20.6. The van der Waals surface area contributed by atoms with Crippen molar-refractivity contribution in [2.24, 2.45) is 0 Å². The van der Waals surface area contributed by atoms with Crippen LogP contribution in [0.4, 0.5) is 4.79 Å². The maximum atomic E-state index is 12.7. The summed E-state index contributed by atoms with van der Waals surface area (Å²) in [6.07, 6.45) is -0.677. The van der Waals surface area contributed by atoms with E-state index in [-0.39, 0.29) is 17.3 Å². The minimum atomic E-state index is -3.59. The van der Waals surface area contributed by atoms with Crippen molar-refractivity contribution in [2.75, 3.05) is 12.4 Å². The maximum Gasteiger partial charge on any atom is 0.407 e. The van der Waals surface area contributed by atoms with Crippen LogP contribution in [0.3, 0.4) is 0 Å². The van der Waals surface area contributed by atoms with Gasteiger partial charge in [0.1, 0.15) is 5.60 Å². The quantitative estimate of drug-likeness (QED) is 0.726. The van der Waals surface area contributed by atoms with Crippen LogP contribution in [0.5, 0.6) is 0 Å². The van der Waals surface area contributed by atoms with Gasteiger partial charge in [-0.25, -0.2) is 13.2 Å². The molecule has 1 amide bonds. The van der Waals surface area contributed by atoms with Crippen LogP contribution in [-0.4, -0.2) is 38.5 Å². The SMILES string of the molecule is CC(C)(C)OC(=O)NC(COCc1ccccc1)CS(=O)(=O)c1ccccc1. The Morgan fingerprint density at radius 1 is 1.00 bits per heavy atom. The maximum absolute atomic E-state index is 12.7. The fourth-order valence-corrected chi connectivity index (χ4v) is 3.96. The van der Waals surface area contributed by atoms with Gasteiger partial charge in [0.15, 0.2) is 9.84 Å². The number of alkyl carbamates (subject to hydrolysis) is 1. The molecule has 28 heavy (non-hydrogen) atoms. The van der Waals surface area contributed by atoms with Gasteiger partial charge in [-0.3, -0.25) is 0 Å². The van der Waals surface area contributed by atoms with Crippen molar-refractivity contribution in [3.8, 4) is 0 Å². The van der Waals surface area contributed by atoms with Crippen LogP contribution in [0.15, 0.2) is 65.6 Å². The van der Waals surface area contributed by atoms with Crippen molar-refractivity contribution in [3.63, 3.8) is 0 Å². The Kier molecular flexibility index (Phi) is 7.60. The van der Waals surface area contributed by atoms with Crippen LogP contribution in [-0.2, 0) is 25.9 Å². The summed E-state index contributed by atoms with van der Waals surface area (Å²) in [4.78, 5) is 12.3. The normalized spacial score (nSPS) is 13.0. The van der Waals surface area contributed by atoms with E-state index in [4.69, 9.17) is 9.47 Å². The topological polar surface area (TPSA) is 81.7 Å². The lowest BCUT2D eigenvalue weighted by Crippen LogP contribution is -2.45. The van der Waals surface area contributed by atoms with Crippen LogP contribution in [0.2, 0.25) is 0 Å². The first-order valence-electron chi connectivity index (χ1n) is 9.05. The number of rotatable bonds is 8. The largest absolute Gasteiger partial charge is 0.444 e. The highest BCUT2D eigenvalue weighted by Gasteiger charge is 2.25. The minimum absolute atomic E-state index is 0.0419. The molecule has 0 fully saturated rings. The zero-order valence-corrected chi connectivity index (χ0v) is 17.2. The molecular weight excluding hydrogens is 378 g/mol. The van der Waals surface area contributed by atoms with Gasteiger partial charge in [-0.1, -0.05) is 48.5 Å². The average Bonchev–Trinajstić information content (AvgIpc) is 2.61. The van der Waals surface area contributed by atoms with Gasteiger partial charge in [0.05, 0.1) is 29.9 Å². The molecule has 0 aliphatic rings. The third kappa shape index (κ3) is 7.70. The summed E-state index contributed by atoms with van der Waals surface area (Å²) in [5, 5.41) is 2.62. The lowest BCUT2D eigenvalue weighted by molar-refractivity contribution is 0.0444. The summed E-state index contributed by atoms with van der Waals surface area (Å²) < 4.78 is 36.3. The smallest absolute Gasteiger partial charge is 0.407 e. The van der Waals surface area contributed by atoms with Crippen molar-refractivity contribution < 1.29 is 22.7 Å². The molecule has 0 saturated heterocycles. The predicted molar refractivity (Wildman–Crippen MR) is 108 cm³/mol. The number of sulfone groups is 1. The minimum Gasteiger partial charge on any atom is -0.444 e. The monoisotopic (exact) mass is 405 g/mol. The van der Waals surface area contributed by atoms with Crippen molar-refractivity contribution in [1.82, 2.24) is 5.32 Å². The lowest BCUT2D eigenvalue weighted by Gasteiger charge is -2.23. The number of hydrogen-bond donors (Lipinski definition) is 1. The van der Waals surface area contributed by atoms with Crippen LogP contribution >= 0.6 is 0 Å². The third-order valence-electron chi connectivity index (χ3n) is 3.67. The highest BCUT2D eigenvalue weighted by atomic mass is 32.2. The number of benzene rings is 2. The van der Waals surface area contributed by atoms with Gasteiger partial charge in [-0.15, -0.1) is 0 Å². The van der Waals surface area contributed by atoms with Gasteiger partial charge in [0, 0.05) is 0 Å². The molecule has 0 saturated carbocycles. The Morgan fingerprint density at radius 2 is 1.57 bits per heavy atom. The molecule has 152 valence electrons. The zero-order valence-electron chi connectivity index (χ0n) is 16.4. The van der Waals surface area contributed by atoms with Gasteiger partial charge in [-0.2, -0.15) is 0 Å². The number of amides is 1. The summed E-state index contributed by atoms with van der Waals surface area (Å²) in [6, 6.07) is 16.9. The van der Waals surface area contributed by atoms with Gasteiger partial charge in [-0.05, 0) is 38.5 Å². The van der Waals surface area contributed by atoms with Crippen molar-refractivity contribution >= 4 is 15.9 Å². The molecule has 7 heteroatoms. The number of hydrogen-bond acceptors (Lipinski definition) is 5. The summed E-state index contributed by atoms with van der Waals surface area (Å²) in [7, 11) is -3.59. The van der Waals surface area contributed by atoms with E-state index in [0.29, 0.717) is 6.61 Å². The molecular formula is C21H27NO5S. The van der Waals surface area contributed by atoms with Crippen molar-refractivity contribution in [2.45, 2.75) is 43.9 Å². The average molecular weight is 406 g/mol. The number of carbonyl (C=O) groups excluding carboxylic acids is 1. The van der Waals surface area contributed by atoms with Crippen LogP contribution in [0.1, 0.15) is 26.3 Å². The fraction of sp³-hybridized carbons (Fsp3) is 0.381. The molecule has 2 aromatic carbocycles. The second-order valence-corrected chi connectivity index (χ2v) is 9.47. The third-order valence-corrected chi connectivity index (χ3v) is 5.51. The first kappa shape index (κ1) is 21.9. The molecule has 2 aromatic rings. The summed E-state index contributed by atoms with van der Waals surface area (Å²) in [6.45, 7) is 5.59. The van der Waals surface area contributed by atoms with Crippen LogP contribution < -0.4 is 5.32 Å².